The lowest BCUT2D eigenvalue weighted by molar-refractivity contribution is 0.320. The van der Waals surface area contributed by atoms with Gasteiger partial charge in [0.05, 0.1) is 0 Å². The molecular formula is C15H12ClNO. The lowest BCUT2D eigenvalue weighted by atomic mass is 10.1. The fraction of sp³-hybridized carbons (Fsp3) is 0. The number of benzene rings is 2. The van der Waals surface area contributed by atoms with Gasteiger partial charge in [0.15, 0.2) is 0 Å². The first kappa shape index (κ1) is 12.4. The highest BCUT2D eigenvalue weighted by Gasteiger charge is 1.98. The van der Waals surface area contributed by atoms with Crippen molar-refractivity contribution in [1.82, 2.24) is 0 Å². The number of oxime groups is 1. The topological polar surface area (TPSA) is 32.6 Å². The van der Waals surface area contributed by atoms with Gasteiger partial charge in [-0.05, 0) is 23.8 Å². The Morgan fingerprint density at radius 1 is 1.00 bits per heavy atom. The fourth-order valence-corrected chi connectivity index (χ4v) is 1.67. The van der Waals surface area contributed by atoms with Crippen LogP contribution in [0.2, 0.25) is 5.02 Å². The van der Waals surface area contributed by atoms with E-state index >= 15 is 0 Å². The van der Waals surface area contributed by atoms with E-state index in [1.807, 2.05) is 60.7 Å². The molecule has 2 aromatic carbocycles. The van der Waals surface area contributed by atoms with Crippen LogP contribution >= 0.6 is 11.6 Å². The van der Waals surface area contributed by atoms with Gasteiger partial charge in [-0.2, -0.15) is 0 Å². The molecule has 90 valence electrons. The average Bonchev–Trinajstić information content (AvgIpc) is 2.43. The van der Waals surface area contributed by atoms with Gasteiger partial charge >= 0.3 is 0 Å². The lowest BCUT2D eigenvalue weighted by Gasteiger charge is -1.98. The molecule has 0 saturated carbocycles. The first-order chi connectivity index (χ1) is 8.79. The van der Waals surface area contributed by atoms with Crippen LogP contribution in [0.5, 0.6) is 0 Å². The Labute approximate surface area is 111 Å². The molecule has 2 rings (SSSR count). The van der Waals surface area contributed by atoms with Crippen LogP contribution in [-0.4, -0.2) is 10.9 Å². The number of hydrogen-bond donors (Lipinski definition) is 1. The first-order valence-electron chi connectivity index (χ1n) is 5.51. The minimum absolute atomic E-state index is 0.519. The standard InChI is InChI=1S/C15H12ClNO/c16-14-9-6-12(7-10-14)8-11-15(17-18)13-4-2-1-3-5-13/h1-11,18H/b11-8+,17-15-. The Bertz CT molecular complexity index is 559. The SMILES string of the molecule is O/N=C(/C=C/c1ccc(Cl)cc1)c1ccccc1. The van der Waals surface area contributed by atoms with Crippen LogP contribution in [-0.2, 0) is 0 Å². The molecule has 0 aromatic heterocycles. The highest BCUT2D eigenvalue weighted by atomic mass is 35.5. The van der Waals surface area contributed by atoms with E-state index in [4.69, 9.17) is 16.8 Å². The molecule has 0 aliphatic rings. The quantitative estimate of drug-likeness (QED) is 0.498. The molecule has 2 nitrogen and oxygen atoms in total. The van der Waals surface area contributed by atoms with Crippen molar-refractivity contribution < 1.29 is 5.21 Å². The van der Waals surface area contributed by atoms with Crippen LogP contribution in [0.1, 0.15) is 11.1 Å². The molecule has 0 atom stereocenters. The fourth-order valence-electron chi connectivity index (χ4n) is 1.55. The maximum absolute atomic E-state index is 9.02. The monoisotopic (exact) mass is 257 g/mol. The van der Waals surface area contributed by atoms with E-state index < -0.39 is 0 Å². The lowest BCUT2D eigenvalue weighted by Crippen LogP contribution is -1.95. The normalized spacial score (nSPS) is 11.9. The van der Waals surface area contributed by atoms with Crippen LogP contribution in [0.3, 0.4) is 0 Å². The molecule has 18 heavy (non-hydrogen) atoms. The largest absolute Gasteiger partial charge is 0.410 e. The second-order valence-corrected chi connectivity index (χ2v) is 4.17. The molecule has 0 radical (unpaired) electrons. The van der Waals surface area contributed by atoms with Gasteiger partial charge in [0, 0.05) is 10.6 Å². The maximum atomic E-state index is 9.02. The van der Waals surface area contributed by atoms with Crippen molar-refractivity contribution in [2.45, 2.75) is 0 Å². The van der Waals surface area contributed by atoms with Crippen molar-refractivity contribution in [3.05, 3.63) is 76.8 Å². The summed E-state index contributed by atoms with van der Waals surface area (Å²) in [5.74, 6) is 0. The van der Waals surface area contributed by atoms with Crippen LogP contribution in [0.25, 0.3) is 6.08 Å². The first-order valence-corrected chi connectivity index (χ1v) is 5.88. The Hall–Kier alpha value is -2.06. The summed E-state index contributed by atoms with van der Waals surface area (Å²) in [7, 11) is 0. The zero-order valence-corrected chi connectivity index (χ0v) is 10.4. The van der Waals surface area contributed by atoms with Gasteiger partial charge < -0.3 is 5.21 Å². The number of halogens is 1. The summed E-state index contributed by atoms with van der Waals surface area (Å²) < 4.78 is 0. The van der Waals surface area contributed by atoms with Crippen LogP contribution < -0.4 is 0 Å². The Balaban J connectivity index is 2.19. The Morgan fingerprint density at radius 2 is 1.67 bits per heavy atom. The molecule has 0 saturated heterocycles. The van der Waals surface area contributed by atoms with Gasteiger partial charge in [0.2, 0.25) is 0 Å². The summed E-state index contributed by atoms with van der Waals surface area (Å²) in [5, 5.41) is 13.0. The highest BCUT2D eigenvalue weighted by molar-refractivity contribution is 6.30. The van der Waals surface area contributed by atoms with Crippen molar-refractivity contribution in [2.24, 2.45) is 5.16 Å². The molecule has 0 amide bonds. The van der Waals surface area contributed by atoms with E-state index in [-0.39, 0.29) is 0 Å². The third-order valence-electron chi connectivity index (χ3n) is 2.48. The van der Waals surface area contributed by atoms with Crippen molar-refractivity contribution in [1.29, 1.82) is 0 Å². The third-order valence-corrected chi connectivity index (χ3v) is 2.73. The van der Waals surface area contributed by atoms with Gasteiger partial charge in [-0.1, -0.05) is 65.3 Å². The molecule has 0 fully saturated rings. The maximum Gasteiger partial charge on any atom is 0.109 e. The summed E-state index contributed by atoms with van der Waals surface area (Å²) in [5.41, 5.74) is 2.38. The molecule has 0 aliphatic heterocycles. The van der Waals surface area contributed by atoms with E-state index in [2.05, 4.69) is 5.16 Å². The van der Waals surface area contributed by atoms with Crippen LogP contribution in [0, 0.1) is 0 Å². The van der Waals surface area contributed by atoms with Crippen molar-refractivity contribution >= 4 is 23.4 Å². The minimum atomic E-state index is 0.519. The third kappa shape index (κ3) is 3.22. The highest BCUT2D eigenvalue weighted by Crippen LogP contribution is 2.11. The van der Waals surface area contributed by atoms with Crippen molar-refractivity contribution in [3.8, 4) is 0 Å². The molecule has 0 bridgehead atoms. The predicted molar refractivity (Wildman–Crippen MR) is 75.3 cm³/mol. The van der Waals surface area contributed by atoms with Gasteiger partial charge in [-0.3, -0.25) is 0 Å². The van der Waals surface area contributed by atoms with Crippen molar-refractivity contribution in [2.75, 3.05) is 0 Å². The van der Waals surface area contributed by atoms with Gasteiger partial charge in [-0.15, -0.1) is 0 Å². The molecule has 0 unspecified atom stereocenters. The molecule has 3 heteroatoms. The van der Waals surface area contributed by atoms with Crippen LogP contribution in [0.4, 0.5) is 0 Å². The second kappa shape index (κ2) is 6.03. The number of nitrogens with zero attached hydrogens (tertiary/aromatic N) is 1. The summed E-state index contributed by atoms with van der Waals surface area (Å²) >= 11 is 5.81. The van der Waals surface area contributed by atoms with E-state index in [1.165, 1.54) is 0 Å². The summed E-state index contributed by atoms with van der Waals surface area (Å²) in [6.45, 7) is 0. The summed E-state index contributed by atoms with van der Waals surface area (Å²) in [4.78, 5) is 0. The van der Waals surface area contributed by atoms with E-state index in [1.54, 1.807) is 6.08 Å². The van der Waals surface area contributed by atoms with Gasteiger partial charge in [-0.25, -0.2) is 0 Å². The molecule has 2 aromatic rings. The van der Waals surface area contributed by atoms with Crippen LogP contribution in [0.15, 0.2) is 65.8 Å². The summed E-state index contributed by atoms with van der Waals surface area (Å²) in [6.07, 6.45) is 3.64. The zero-order valence-electron chi connectivity index (χ0n) is 9.62. The second-order valence-electron chi connectivity index (χ2n) is 3.74. The van der Waals surface area contributed by atoms with E-state index in [0.29, 0.717) is 10.7 Å². The summed E-state index contributed by atoms with van der Waals surface area (Å²) in [6, 6.07) is 16.9. The van der Waals surface area contributed by atoms with E-state index in [9.17, 15) is 0 Å². The number of rotatable bonds is 3. The molecule has 0 spiro atoms. The molecule has 1 N–H and O–H groups in total. The Morgan fingerprint density at radius 3 is 2.28 bits per heavy atom. The van der Waals surface area contributed by atoms with E-state index in [0.717, 1.165) is 11.1 Å². The predicted octanol–water partition coefficient (Wildman–Crippen LogP) is 4.23. The Kier molecular flexibility index (Phi) is 4.15. The average molecular weight is 258 g/mol. The smallest absolute Gasteiger partial charge is 0.109 e. The number of hydrogen-bond acceptors (Lipinski definition) is 2. The van der Waals surface area contributed by atoms with Gasteiger partial charge in [0.1, 0.15) is 5.71 Å². The van der Waals surface area contributed by atoms with Gasteiger partial charge in [0.25, 0.3) is 0 Å². The zero-order chi connectivity index (χ0) is 12.8. The van der Waals surface area contributed by atoms with Crippen molar-refractivity contribution in [3.63, 3.8) is 0 Å². The number of allylic oxidation sites excluding steroid dienone is 1. The molecule has 0 heterocycles. The molecular weight excluding hydrogens is 246 g/mol. The minimum Gasteiger partial charge on any atom is -0.410 e. The molecule has 0 aliphatic carbocycles.